The van der Waals surface area contributed by atoms with Gasteiger partial charge in [-0.05, 0) is 109 Å². The number of thiophene rings is 1. The van der Waals surface area contributed by atoms with Gasteiger partial charge in [0.25, 0.3) is 0 Å². The zero-order chi connectivity index (χ0) is 49.1. The van der Waals surface area contributed by atoms with Gasteiger partial charge in [0.2, 0.25) is 0 Å². The van der Waals surface area contributed by atoms with E-state index in [0.29, 0.717) is 11.5 Å². The molecule has 0 fully saturated rings. The van der Waals surface area contributed by atoms with Crippen molar-refractivity contribution in [1.82, 2.24) is 9.55 Å². The SMILES string of the molecule is CC(C)(C)c1cc(-c2cc(C(C)(C)C)cc(-c3ccccc3)c2N2[CH-]N(c3[c-]c(Oc4[c-]c5c6c(c4)sc4cccc(c46)n5-c4cc(C(C)(C)C)ccn4)ccc3)c3ccccc32)cc(C(C)(C)C)c1.[Pt]. The monoisotopic (exact) mass is 1130 g/mol. The number of nitrogens with zero attached hydrogens (tertiary/aromatic N) is 4. The molecule has 0 aliphatic carbocycles. The van der Waals surface area contributed by atoms with Crippen LogP contribution < -0.4 is 14.5 Å². The van der Waals surface area contributed by atoms with Crippen LogP contribution in [0.5, 0.6) is 11.5 Å². The summed E-state index contributed by atoms with van der Waals surface area (Å²) in [6.07, 6.45) is 1.92. The van der Waals surface area contributed by atoms with E-state index in [9.17, 15) is 0 Å². The molecular weight excluding hydrogens is 1070 g/mol. The van der Waals surface area contributed by atoms with Gasteiger partial charge >= 0.3 is 0 Å². The van der Waals surface area contributed by atoms with Crippen molar-refractivity contribution in [2.75, 3.05) is 9.80 Å². The van der Waals surface area contributed by atoms with Crippen LogP contribution in [-0.2, 0) is 42.7 Å². The average molecular weight is 1130 g/mol. The van der Waals surface area contributed by atoms with E-state index >= 15 is 0 Å². The first-order valence-corrected chi connectivity index (χ1v) is 25.3. The quantitative estimate of drug-likeness (QED) is 0.149. The third-order valence-electron chi connectivity index (χ3n) is 13.9. The largest absolute Gasteiger partial charge is 0.509 e. The van der Waals surface area contributed by atoms with Gasteiger partial charge in [-0.15, -0.1) is 42.7 Å². The summed E-state index contributed by atoms with van der Waals surface area (Å²) in [5.74, 6) is 2.12. The number of hydrogen-bond donors (Lipinski definition) is 0. The smallest absolute Gasteiger partial charge is 0.135 e. The molecule has 1 aliphatic rings. The van der Waals surface area contributed by atoms with Crippen LogP contribution >= 0.6 is 11.3 Å². The molecule has 0 atom stereocenters. The molecule has 7 heteroatoms. The Morgan fingerprint density at radius 1 is 0.507 bits per heavy atom. The number of hydrogen-bond acceptors (Lipinski definition) is 5. The fraction of sp³-hybridized carbons (Fsp3) is 0.250. The molecule has 0 N–H and O–H groups in total. The molecule has 362 valence electrons. The van der Waals surface area contributed by atoms with E-state index in [1.165, 1.54) is 60.0 Å². The van der Waals surface area contributed by atoms with Crippen LogP contribution in [-0.4, -0.2) is 9.55 Å². The Kier molecular flexibility index (Phi) is 12.0. The molecule has 0 amide bonds. The standard InChI is InChI=1S/C64H61N4OS.Pt/c1-61(2,3)42-28-29-65-57(35-42)68-53-26-19-27-55-58(53)59-54(68)37-48(38-56(59)70-55)69-47-23-18-22-46(36-47)66-39-67(52-25-17-16-24-51(52)66)60-49(40-20-14-13-15-21-40)33-45(64(10,11)12)34-50(60)41-30-43(62(4,5)6)32-44(31-41)63(7,8)9;/h13-35,38-39H,1-12H3;/q-3;. The molecule has 4 heterocycles. The van der Waals surface area contributed by atoms with Crippen molar-refractivity contribution in [2.45, 2.75) is 105 Å². The Labute approximate surface area is 438 Å². The maximum Gasteiger partial charge on any atom is 0.135 e. The van der Waals surface area contributed by atoms with Crippen molar-refractivity contribution in [3.8, 4) is 39.6 Å². The zero-order valence-electron chi connectivity index (χ0n) is 42.9. The number of para-hydroxylation sites is 2. The van der Waals surface area contributed by atoms with Crippen molar-refractivity contribution in [3.63, 3.8) is 0 Å². The predicted octanol–water partition coefficient (Wildman–Crippen LogP) is 18.2. The first-order chi connectivity index (χ1) is 33.2. The van der Waals surface area contributed by atoms with E-state index < -0.39 is 0 Å². The fourth-order valence-electron chi connectivity index (χ4n) is 9.86. The van der Waals surface area contributed by atoms with Crippen LogP contribution in [0.3, 0.4) is 0 Å². The molecule has 0 saturated carbocycles. The maximum atomic E-state index is 6.84. The van der Waals surface area contributed by atoms with Crippen LogP contribution in [0.25, 0.3) is 59.3 Å². The second-order valence-corrected chi connectivity index (χ2v) is 24.2. The van der Waals surface area contributed by atoms with Crippen LogP contribution in [0.4, 0.5) is 22.7 Å². The van der Waals surface area contributed by atoms with Gasteiger partial charge in [0.05, 0.1) is 0 Å². The number of fused-ring (bicyclic) bond motifs is 1. The molecule has 1 aliphatic heterocycles. The molecule has 5 nitrogen and oxygen atoms in total. The summed E-state index contributed by atoms with van der Waals surface area (Å²) >= 11 is 1.79. The summed E-state index contributed by atoms with van der Waals surface area (Å²) in [6, 6.07) is 58.3. The molecular formula is C64H61N4OPtS-3. The molecule has 10 aromatic rings. The van der Waals surface area contributed by atoms with Gasteiger partial charge < -0.3 is 19.1 Å². The summed E-state index contributed by atoms with van der Waals surface area (Å²) in [5, 5.41) is 2.43. The molecule has 0 spiro atoms. The topological polar surface area (TPSA) is 33.5 Å². The second-order valence-electron chi connectivity index (χ2n) is 23.1. The van der Waals surface area contributed by atoms with Gasteiger partial charge in [0.15, 0.2) is 0 Å². The number of benzene rings is 7. The summed E-state index contributed by atoms with van der Waals surface area (Å²) in [7, 11) is 0. The zero-order valence-corrected chi connectivity index (χ0v) is 45.9. The van der Waals surface area contributed by atoms with Gasteiger partial charge in [-0.3, -0.25) is 0 Å². The Morgan fingerprint density at radius 3 is 1.77 bits per heavy atom. The third-order valence-corrected chi connectivity index (χ3v) is 15.0. The summed E-state index contributed by atoms with van der Waals surface area (Å²) in [5.41, 5.74) is 15.9. The summed E-state index contributed by atoms with van der Waals surface area (Å²) < 4.78 is 11.5. The van der Waals surface area contributed by atoms with Crippen molar-refractivity contribution in [1.29, 1.82) is 0 Å². The van der Waals surface area contributed by atoms with Crippen LogP contribution in [0.15, 0.2) is 146 Å². The number of aromatic nitrogens is 2. The fourth-order valence-corrected chi connectivity index (χ4v) is 11.0. The van der Waals surface area contributed by atoms with Crippen LogP contribution in [0.2, 0.25) is 0 Å². The van der Waals surface area contributed by atoms with E-state index in [0.717, 1.165) is 44.3 Å². The maximum absolute atomic E-state index is 6.84. The number of rotatable bonds is 7. The molecule has 7 aromatic carbocycles. The van der Waals surface area contributed by atoms with Crippen molar-refractivity contribution in [3.05, 3.63) is 187 Å². The van der Waals surface area contributed by atoms with Crippen LogP contribution in [0.1, 0.15) is 105 Å². The van der Waals surface area contributed by atoms with Gasteiger partial charge in [0.1, 0.15) is 5.82 Å². The van der Waals surface area contributed by atoms with E-state index in [-0.39, 0.29) is 42.7 Å². The third kappa shape index (κ3) is 8.76. The molecule has 71 heavy (non-hydrogen) atoms. The van der Waals surface area contributed by atoms with E-state index in [4.69, 9.17) is 9.72 Å². The second kappa shape index (κ2) is 17.5. The molecule has 0 radical (unpaired) electrons. The molecule has 0 saturated heterocycles. The van der Waals surface area contributed by atoms with Gasteiger partial charge in [-0.2, -0.15) is 17.4 Å². The number of ether oxygens (including phenoxy) is 1. The van der Waals surface area contributed by atoms with Gasteiger partial charge in [-0.1, -0.05) is 165 Å². The minimum absolute atomic E-state index is 0. The van der Waals surface area contributed by atoms with Gasteiger partial charge in [0, 0.05) is 77.2 Å². The Balaban J connectivity index is 0.00000582. The Morgan fingerprint density at radius 2 is 1.11 bits per heavy atom. The number of anilines is 4. The molecule has 0 unspecified atom stereocenters. The first kappa shape index (κ1) is 48.4. The normalized spacial score (nSPS) is 13.4. The van der Waals surface area contributed by atoms with E-state index in [1.54, 1.807) is 11.3 Å². The summed E-state index contributed by atoms with van der Waals surface area (Å²) in [4.78, 5) is 9.57. The molecule has 0 bridgehead atoms. The van der Waals surface area contributed by atoms with Crippen molar-refractivity contribution >= 4 is 65.3 Å². The minimum Gasteiger partial charge on any atom is -0.509 e. The van der Waals surface area contributed by atoms with E-state index in [2.05, 4.69) is 250 Å². The number of pyridine rings is 1. The first-order valence-electron chi connectivity index (χ1n) is 24.5. The average Bonchev–Trinajstić information content (AvgIpc) is 4.01. The van der Waals surface area contributed by atoms with Crippen molar-refractivity contribution < 1.29 is 25.8 Å². The Bertz CT molecular complexity index is 3580. The Hall–Kier alpha value is -6.20. The predicted molar refractivity (Wildman–Crippen MR) is 296 cm³/mol. The van der Waals surface area contributed by atoms with Gasteiger partial charge in [-0.25, -0.2) is 4.98 Å². The molecule has 11 rings (SSSR count). The van der Waals surface area contributed by atoms with Crippen molar-refractivity contribution in [2.24, 2.45) is 0 Å². The minimum atomic E-state index is -0.105. The van der Waals surface area contributed by atoms with Crippen LogP contribution in [0, 0.1) is 18.8 Å². The molecule has 3 aromatic heterocycles. The summed E-state index contributed by atoms with van der Waals surface area (Å²) in [6.45, 7) is 29.8. The van der Waals surface area contributed by atoms with E-state index in [1.807, 2.05) is 12.3 Å².